The van der Waals surface area contributed by atoms with Crippen molar-refractivity contribution in [3.8, 4) is 5.75 Å². The number of aromatic hydroxyl groups is 1. The van der Waals surface area contributed by atoms with Crippen molar-refractivity contribution < 1.29 is 18.3 Å². The Labute approximate surface area is 227 Å². The topological polar surface area (TPSA) is 85.9 Å². The summed E-state index contributed by atoms with van der Waals surface area (Å²) >= 11 is 11.8. The van der Waals surface area contributed by atoms with E-state index in [9.17, 15) is 27.9 Å². The van der Waals surface area contributed by atoms with E-state index < -0.39 is 18.2 Å². The number of benzene rings is 2. The molecule has 5 nitrogen and oxygen atoms in total. The largest absolute Gasteiger partial charge is 0.507 e. The maximum absolute atomic E-state index is 12.9. The summed E-state index contributed by atoms with van der Waals surface area (Å²) in [6.45, 7) is 7.72. The van der Waals surface area contributed by atoms with E-state index in [-0.39, 0.29) is 28.4 Å². The monoisotopic (exact) mass is 568 g/mol. The van der Waals surface area contributed by atoms with Crippen LogP contribution >= 0.6 is 23.2 Å². The number of halogens is 5. The van der Waals surface area contributed by atoms with Gasteiger partial charge in [0.2, 0.25) is 0 Å². The van der Waals surface area contributed by atoms with Gasteiger partial charge in [-0.25, -0.2) is 0 Å². The second kappa shape index (κ2) is 11.8. The van der Waals surface area contributed by atoms with E-state index in [0.717, 1.165) is 0 Å². The van der Waals surface area contributed by atoms with Crippen LogP contribution < -0.4 is 11.1 Å². The molecule has 0 atom stereocenters. The van der Waals surface area contributed by atoms with Gasteiger partial charge in [-0.05, 0) is 66.6 Å². The van der Waals surface area contributed by atoms with Crippen LogP contribution in [0.1, 0.15) is 44.4 Å². The number of aromatic amines is 2. The van der Waals surface area contributed by atoms with E-state index in [4.69, 9.17) is 23.2 Å². The van der Waals surface area contributed by atoms with Crippen molar-refractivity contribution in [3.05, 3.63) is 83.8 Å². The first-order valence-electron chi connectivity index (χ1n) is 12.1. The highest BCUT2D eigenvalue weighted by Crippen LogP contribution is 2.30. The number of alkyl halides is 3. The zero-order valence-electron chi connectivity index (χ0n) is 21.4. The van der Waals surface area contributed by atoms with Gasteiger partial charge in [0, 0.05) is 31.9 Å². The van der Waals surface area contributed by atoms with E-state index >= 15 is 0 Å². The van der Waals surface area contributed by atoms with Gasteiger partial charge in [-0.2, -0.15) is 13.2 Å². The molecule has 0 saturated carbocycles. The van der Waals surface area contributed by atoms with Crippen LogP contribution in [0.15, 0.2) is 46.0 Å². The van der Waals surface area contributed by atoms with E-state index in [1.165, 1.54) is 12.1 Å². The van der Waals surface area contributed by atoms with Crippen molar-refractivity contribution in [1.29, 1.82) is 0 Å². The fourth-order valence-electron chi connectivity index (χ4n) is 4.29. The third kappa shape index (κ3) is 7.32. The molecule has 0 aliphatic rings. The average Bonchev–Trinajstić information content (AvgIpc) is 2.79. The van der Waals surface area contributed by atoms with Gasteiger partial charge in [-0.1, -0.05) is 50.9 Å². The number of rotatable bonds is 5. The zero-order valence-corrected chi connectivity index (χ0v) is 22.9. The second-order valence-corrected chi connectivity index (χ2v) is 10.9. The van der Waals surface area contributed by atoms with E-state index in [1.54, 1.807) is 24.3 Å². The summed E-state index contributed by atoms with van der Waals surface area (Å²) in [7, 11) is 0. The number of nitrogens with one attached hydrogen (secondary N) is 2. The van der Waals surface area contributed by atoms with Gasteiger partial charge in [0.05, 0.1) is 17.5 Å². The lowest BCUT2D eigenvalue weighted by Gasteiger charge is -2.15. The third-order valence-corrected chi connectivity index (χ3v) is 6.31. The Bertz CT molecular complexity index is 1570. The van der Waals surface area contributed by atoms with Gasteiger partial charge in [0.25, 0.3) is 11.1 Å². The highest BCUT2D eigenvalue weighted by Gasteiger charge is 2.31. The molecular weight excluding hydrogens is 540 g/mol. The van der Waals surface area contributed by atoms with Crippen LogP contribution in [0.4, 0.5) is 13.2 Å². The molecular formula is C28H29Cl2F3N2O3. The van der Waals surface area contributed by atoms with Crippen LogP contribution in [0.25, 0.3) is 21.8 Å². The highest BCUT2D eigenvalue weighted by molar-refractivity contribution is 6.31. The van der Waals surface area contributed by atoms with E-state index in [2.05, 4.69) is 9.97 Å². The quantitative estimate of drug-likeness (QED) is 0.232. The predicted octanol–water partition coefficient (Wildman–Crippen LogP) is 7.57. The van der Waals surface area contributed by atoms with Crippen LogP contribution in [0.5, 0.6) is 5.75 Å². The summed E-state index contributed by atoms with van der Waals surface area (Å²) in [4.78, 5) is 29.3. The number of hydrogen-bond donors (Lipinski definition) is 3. The lowest BCUT2D eigenvalue weighted by atomic mass is 9.94. The predicted molar refractivity (Wildman–Crippen MR) is 148 cm³/mol. The molecule has 3 N–H and O–H groups in total. The Morgan fingerprint density at radius 3 is 1.71 bits per heavy atom. The first kappa shape index (κ1) is 29.6. The minimum Gasteiger partial charge on any atom is -0.507 e. The molecule has 0 amide bonds. The summed E-state index contributed by atoms with van der Waals surface area (Å²) in [5.74, 6) is 0.424. The molecule has 38 heavy (non-hydrogen) atoms. The molecule has 0 bridgehead atoms. The van der Waals surface area contributed by atoms with E-state index in [0.29, 0.717) is 56.2 Å². The zero-order chi connectivity index (χ0) is 28.4. The van der Waals surface area contributed by atoms with Crippen molar-refractivity contribution in [2.75, 3.05) is 0 Å². The number of aromatic nitrogens is 2. The molecule has 2 heterocycles. The summed E-state index contributed by atoms with van der Waals surface area (Å²) in [5.41, 5.74) is 0.925. The number of fused-ring (bicyclic) bond motifs is 2. The lowest BCUT2D eigenvalue weighted by Crippen LogP contribution is -2.22. The Hall–Kier alpha value is -2.97. The maximum Gasteiger partial charge on any atom is 0.393 e. The Morgan fingerprint density at radius 1 is 0.763 bits per heavy atom. The summed E-state index contributed by atoms with van der Waals surface area (Å²) in [6, 6.07) is 9.57. The highest BCUT2D eigenvalue weighted by atomic mass is 35.5. The molecule has 204 valence electrons. The molecule has 4 rings (SSSR count). The molecule has 2 aromatic heterocycles. The minimum absolute atomic E-state index is 0.0254. The van der Waals surface area contributed by atoms with Crippen molar-refractivity contribution in [3.63, 3.8) is 0 Å². The number of hydrogen-bond acceptors (Lipinski definition) is 3. The molecule has 0 unspecified atom stereocenters. The van der Waals surface area contributed by atoms with Gasteiger partial charge < -0.3 is 15.1 Å². The van der Waals surface area contributed by atoms with Crippen LogP contribution in [0.2, 0.25) is 10.0 Å². The summed E-state index contributed by atoms with van der Waals surface area (Å²) < 4.78 is 38.6. The fraction of sp³-hybridized carbons (Fsp3) is 0.357. The fourth-order valence-corrected chi connectivity index (χ4v) is 4.63. The Kier molecular flexibility index (Phi) is 9.21. The molecule has 10 heteroatoms. The second-order valence-electron chi connectivity index (χ2n) is 10.1. The van der Waals surface area contributed by atoms with Crippen molar-refractivity contribution in [1.82, 2.24) is 9.97 Å². The molecule has 0 saturated heterocycles. The third-order valence-electron chi connectivity index (χ3n) is 5.84. The standard InChI is InChI=1S/C15H15ClF3NO.C13H14ClNO2/c1-8(2)5-11-12(7-15(17,18)19)10-6-9(16)3-4-13(10)20-14(11)21;1-7(2)5-10-12(16)9-6-8(14)3-4-11(9)15-13(10)17/h3-4,6,8H,5,7H2,1-2H3,(H,20,21);3-4,6-7H,5H2,1-2H3,(H2,15,16,17). The molecule has 0 radical (unpaired) electrons. The SMILES string of the molecule is CC(C)Cc1c(CC(F)(F)F)c2cc(Cl)ccc2[nH]c1=O.CC(C)Cc1c(O)c2cc(Cl)ccc2[nH]c1=O. The van der Waals surface area contributed by atoms with E-state index in [1.807, 2.05) is 27.7 Å². The van der Waals surface area contributed by atoms with Crippen LogP contribution in [0.3, 0.4) is 0 Å². The average molecular weight is 569 g/mol. The van der Waals surface area contributed by atoms with Crippen molar-refractivity contribution >= 4 is 45.0 Å². The minimum atomic E-state index is -4.38. The molecule has 0 aliphatic heterocycles. The maximum atomic E-state index is 12.9. The Morgan fingerprint density at radius 2 is 1.21 bits per heavy atom. The van der Waals surface area contributed by atoms with Crippen molar-refractivity contribution in [2.24, 2.45) is 11.8 Å². The molecule has 2 aromatic carbocycles. The smallest absolute Gasteiger partial charge is 0.393 e. The van der Waals surface area contributed by atoms with Gasteiger partial charge in [0.15, 0.2) is 0 Å². The van der Waals surface area contributed by atoms with Gasteiger partial charge in [-0.3, -0.25) is 9.59 Å². The lowest BCUT2D eigenvalue weighted by molar-refractivity contribution is -0.127. The summed E-state index contributed by atoms with van der Waals surface area (Å²) in [6.07, 6.45) is -4.67. The summed E-state index contributed by atoms with van der Waals surface area (Å²) in [5, 5.41) is 12.0. The first-order valence-corrected chi connectivity index (χ1v) is 12.8. The Balaban J connectivity index is 0.000000215. The molecule has 4 aromatic rings. The van der Waals surface area contributed by atoms with Crippen molar-refractivity contribution in [2.45, 2.75) is 53.1 Å². The number of H-pyrrole nitrogens is 2. The van der Waals surface area contributed by atoms with Gasteiger partial charge in [-0.15, -0.1) is 0 Å². The van der Waals surface area contributed by atoms with Crippen LogP contribution in [0, 0.1) is 11.8 Å². The van der Waals surface area contributed by atoms with Crippen LogP contribution in [-0.4, -0.2) is 21.3 Å². The van der Waals surface area contributed by atoms with Gasteiger partial charge in [0.1, 0.15) is 5.75 Å². The van der Waals surface area contributed by atoms with Crippen LogP contribution in [-0.2, 0) is 19.3 Å². The molecule has 0 fully saturated rings. The normalized spacial score (nSPS) is 11.9. The number of pyridine rings is 2. The first-order chi connectivity index (χ1) is 17.7. The molecule has 0 spiro atoms. The molecule has 0 aliphatic carbocycles. The van der Waals surface area contributed by atoms with Gasteiger partial charge >= 0.3 is 6.18 Å².